The molecule has 1 aromatic carbocycles. The average Bonchev–Trinajstić information content (AvgIpc) is 2.40. The van der Waals surface area contributed by atoms with E-state index in [0.29, 0.717) is 15.9 Å². The fourth-order valence-corrected chi connectivity index (χ4v) is 2.13. The molecule has 0 aliphatic carbocycles. The van der Waals surface area contributed by atoms with Gasteiger partial charge in [-0.1, -0.05) is 29.3 Å². The van der Waals surface area contributed by atoms with E-state index in [1.807, 2.05) is 0 Å². The Hall–Kier alpha value is -1.36. The number of halogens is 3. The topological polar surface area (TPSA) is 42.0 Å². The van der Waals surface area contributed by atoms with Gasteiger partial charge in [0.15, 0.2) is 0 Å². The van der Waals surface area contributed by atoms with E-state index in [2.05, 4.69) is 26.2 Å². The standard InChI is InChI=1S/C14H9BrCl2N2O/c15-10-3-5-13(18-8-10)19-14(20)6-2-9-1-4-11(16)7-12(9)17/h1-8H,(H,18,19,20). The van der Waals surface area contributed by atoms with Crippen molar-refractivity contribution in [3.05, 3.63) is 62.7 Å². The van der Waals surface area contributed by atoms with Gasteiger partial charge in [-0.25, -0.2) is 4.98 Å². The molecule has 1 heterocycles. The van der Waals surface area contributed by atoms with E-state index in [1.165, 1.54) is 6.08 Å². The summed E-state index contributed by atoms with van der Waals surface area (Å²) in [6, 6.07) is 8.57. The highest BCUT2D eigenvalue weighted by molar-refractivity contribution is 9.10. The third-order valence-electron chi connectivity index (χ3n) is 2.36. The Balaban J connectivity index is 2.03. The molecule has 0 spiro atoms. The molecule has 0 fully saturated rings. The largest absolute Gasteiger partial charge is 0.307 e. The summed E-state index contributed by atoms with van der Waals surface area (Å²) in [5, 5.41) is 3.68. The molecule has 0 bridgehead atoms. The fourth-order valence-electron chi connectivity index (χ4n) is 1.42. The molecule has 2 rings (SSSR count). The van der Waals surface area contributed by atoms with Crippen LogP contribution in [-0.2, 0) is 4.79 Å². The Bertz CT molecular complexity index is 657. The lowest BCUT2D eigenvalue weighted by atomic mass is 10.2. The van der Waals surface area contributed by atoms with Crippen LogP contribution < -0.4 is 5.32 Å². The number of amides is 1. The lowest BCUT2D eigenvalue weighted by Crippen LogP contribution is -2.08. The SMILES string of the molecule is O=C(C=Cc1ccc(Cl)cc1Cl)Nc1ccc(Br)cn1. The zero-order valence-electron chi connectivity index (χ0n) is 10.1. The van der Waals surface area contributed by atoms with Crippen LogP contribution in [0.5, 0.6) is 0 Å². The van der Waals surface area contributed by atoms with Gasteiger partial charge < -0.3 is 5.32 Å². The Morgan fingerprint density at radius 2 is 2.05 bits per heavy atom. The first kappa shape index (κ1) is 15.0. The van der Waals surface area contributed by atoms with Crippen molar-refractivity contribution in [2.45, 2.75) is 0 Å². The molecule has 0 saturated heterocycles. The Kier molecular flexibility index (Phi) is 5.17. The number of anilines is 1. The summed E-state index contributed by atoms with van der Waals surface area (Å²) in [6.45, 7) is 0. The van der Waals surface area contributed by atoms with Gasteiger partial charge in [-0.05, 0) is 51.8 Å². The zero-order chi connectivity index (χ0) is 14.5. The van der Waals surface area contributed by atoms with Crippen molar-refractivity contribution in [2.24, 2.45) is 0 Å². The van der Waals surface area contributed by atoms with Gasteiger partial charge in [0.05, 0.1) is 0 Å². The van der Waals surface area contributed by atoms with Crippen LogP contribution >= 0.6 is 39.1 Å². The maximum absolute atomic E-state index is 11.7. The van der Waals surface area contributed by atoms with Crippen molar-refractivity contribution in [1.29, 1.82) is 0 Å². The number of hydrogen-bond donors (Lipinski definition) is 1. The molecule has 0 saturated carbocycles. The molecule has 102 valence electrons. The van der Waals surface area contributed by atoms with Crippen LogP contribution in [0.4, 0.5) is 5.82 Å². The molecule has 1 amide bonds. The molecule has 0 radical (unpaired) electrons. The highest BCUT2D eigenvalue weighted by atomic mass is 79.9. The number of nitrogens with zero attached hydrogens (tertiary/aromatic N) is 1. The molecule has 1 N–H and O–H groups in total. The molecular formula is C14H9BrCl2N2O. The van der Waals surface area contributed by atoms with Crippen molar-refractivity contribution < 1.29 is 4.79 Å². The van der Waals surface area contributed by atoms with Crippen LogP contribution in [0.3, 0.4) is 0 Å². The molecule has 3 nitrogen and oxygen atoms in total. The number of nitrogens with one attached hydrogen (secondary N) is 1. The Morgan fingerprint density at radius 1 is 1.25 bits per heavy atom. The summed E-state index contributed by atoms with van der Waals surface area (Å²) < 4.78 is 0.846. The van der Waals surface area contributed by atoms with Gasteiger partial charge >= 0.3 is 0 Å². The van der Waals surface area contributed by atoms with E-state index in [4.69, 9.17) is 23.2 Å². The smallest absolute Gasteiger partial charge is 0.249 e. The molecule has 0 unspecified atom stereocenters. The van der Waals surface area contributed by atoms with Crippen molar-refractivity contribution >= 4 is 56.9 Å². The van der Waals surface area contributed by atoms with E-state index in [9.17, 15) is 4.79 Å². The van der Waals surface area contributed by atoms with Gasteiger partial charge in [-0.2, -0.15) is 0 Å². The Labute approximate surface area is 134 Å². The fraction of sp³-hybridized carbons (Fsp3) is 0. The van der Waals surface area contributed by atoms with E-state index in [-0.39, 0.29) is 5.91 Å². The Morgan fingerprint density at radius 3 is 2.70 bits per heavy atom. The molecule has 2 aromatic rings. The summed E-state index contributed by atoms with van der Waals surface area (Å²) >= 11 is 15.1. The maximum Gasteiger partial charge on any atom is 0.249 e. The number of rotatable bonds is 3. The third-order valence-corrected chi connectivity index (χ3v) is 3.39. The molecule has 20 heavy (non-hydrogen) atoms. The van der Waals surface area contributed by atoms with Gasteiger partial charge in [0.1, 0.15) is 5.82 Å². The first-order valence-corrected chi connectivity index (χ1v) is 7.15. The quantitative estimate of drug-likeness (QED) is 0.787. The zero-order valence-corrected chi connectivity index (χ0v) is 13.2. The molecule has 6 heteroatoms. The van der Waals surface area contributed by atoms with Crippen molar-refractivity contribution in [3.8, 4) is 0 Å². The van der Waals surface area contributed by atoms with Gasteiger partial charge in [0.2, 0.25) is 5.91 Å². The molecule has 0 aliphatic heterocycles. The van der Waals surface area contributed by atoms with Crippen molar-refractivity contribution in [1.82, 2.24) is 4.98 Å². The summed E-state index contributed by atoms with van der Waals surface area (Å²) in [7, 11) is 0. The summed E-state index contributed by atoms with van der Waals surface area (Å²) in [5.74, 6) is 0.191. The summed E-state index contributed by atoms with van der Waals surface area (Å²) in [6.07, 6.45) is 4.61. The first-order valence-electron chi connectivity index (χ1n) is 5.60. The number of carbonyl (C=O) groups is 1. The minimum Gasteiger partial charge on any atom is -0.307 e. The second kappa shape index (κ2) is 6.88. The van der Waals surface area contributed by atoms with Crippen LogP contribution in [0.15, 0.2) is 47.1 Å². The predicted molar refractivity (Wildman–Crippen MR) is 86.1 cm³/mol. The van der Waals surface area contributed by atoms with Gasteiger partial charge in [0, 0.05) is 26.8 Å². The normalized spacial score (nSPS) is 10.8. The van der Waals surface area contributed by atoms with E-state index in [0.717, 1.165) is 10.0 Å². The number of pyridine rings is 1. The van der Waals surface area contributed by atoms with E-state index in [1.54, 1.807) is 42.6 Å². The minimum atomic E-state index is -0.286. The number of benzene rings is 1. The average molecular weight is 372 g/mol. The maximum atomic E-state index is 11.7. The van der Waals surface area contributed by atoms with Crippen molar-refractivity contribution in [3.63, 3.8) is 0 Å². The van der Waals surface area contributed by atoms with Crippen LogP contribution in [0.25, 0.3) is 6.08 Å². The highest BCUT2D eigenvalue weighted by Crippen LogP contribution is 2.22. The number of hydrogen-bond acceptors (Lipinski definition) is 2. The van der Waals surface area contributed by atoms with E-state index >= 15 is 0 Å². The predicted octanol–water partition coefficient (Wildman–Crippen LogP) is 4.80. The van der Waals surface area contributed by atoms with Gasteiger partial charge in [0.25, 0.3) is 0 Å². The van der Waals surface area contributed by atoms with Crippen LogP contribution in [0, 0.1) is 0 Å². The monoisotopic (exact) mass is 370 g/mol. The first-order chi connectivity index (χ1) is 9.54. The molecule has 0 atom stereocenters. The molecule has 0 aliphatic rings. The van der Waals surface area contributed by atoms with Crippen LogP contribution in [0.2, 0.25) is 10.0 Å². The second-order valence-electron chi connectivity index (χ2n) is 3.85. The van der Waals surface area contributed by atoms with Crippen LogP contribution in [0.1, 0.15) is 5.56 Å². The second-order valence-corrected chi connectivity index (χ2v) is 5.61. The molecule has 1 aromatic heterocycles. The van der Waals surface area contributed by atoms with E-state index < -0.39 is 0 Å². The summed E-state index contributed by atoms with van der Waals surface area (Å²) in [4.78, 5) is 15.8. The van der Waals surface area contributed by atoms with Gasteiger partial charge in [-0.15, -0.1) is 0 Å². The van der Waals surface area contributed by atoms with Gasteiger partial charge in [-0.3, -0.25) is 4.79 Å². The lowest BCUT2D eigenvalue weighted by molar-refractivity contribution is -0.111. The minimum absolute atomic E-state index is 0.286. The summed E-state index contributed by atoms with van der Waals surface area (Å²) in [5.41, 5.74) is 0.718. The van der Waals surface area contributed by atoms with Crippen LogP contribution in [-0.4, -0.2) is 10.9 Å². The lowest BCUT2D eigenvalue weighted by Gasteiger charge is -2.01. The number of carbonyl (C=O) groups excluding carboxylic acids is 1. The highest BCUT2D eigenvalue weighted by Gasteiger charge is 2.01. The third kappa shape index (κ3) is 4.34. The molecular weight excluding hydrogens is 363 g/mol. The number of aromatic nitrogens is 1. The van der Waals surface area contributed by atoms with Crippen molar-refractivity contribution in [2.75, 3.05) is 5.32 Å².